The molecular formula is C21H33N3O2. The highest BCUT2D eigenvalue weighted by atomic mass is 16.5. The van der Waals surface area contributed by atoms with Gasteiger partial charge in [0.15, 0.2) is 0 Å². The molecule has 0 radical (unpaired) electrons. The third kappa shape index (κ3) is 5.45. The van der Waals surface area contributed by atoms with Gasteiger partial charge in [0.2, 0.25) is 5.91 Å². The summed E-state index contributed by atoms with van der Waals surface area (Å²) in [6.45, 7) is 9.58. The third-order valence-corrected chi connectivity index (χ3v) is 5.65. The average Bonchev–Trinajstić information content (AvgIpc) is 2.98. The minimum atomic E-state index is 0.0100. The van der Waals surface area contributed by atoms with E-state index in [4.69, 9.17) is 4.74 Å². The predicted octanol–water partition coefficient (Wildman–Crippen LogP) is 2.47. The fraction of sp³-hybridized carbons (Fsp3) is 0.667. The molecular weight excluding hydrogens is 326 g/mol. The van der Waals surface area contributed by atoms with Gasteiger partial charge in [-0.15, -0.1) is 0 Å². The molecule has 3 rings (SSSR count). The topological polar surface area (TPSA) is 36.0 Å². The maximum atomic E-state index is 12.8. The van der Waals surface area contributed by atoms with Crippen molar-refractivity contribution in [3.05, 3.63) is 30.3 Å². The highest BCUT2D eigenvalue weighted by Crippen LogP contribution is 2.14. The Morgan fingerprint density at radius 2 is 1.62 bits per heavy atom. The fourth-order valence-corrected chi connectivity index (χ4v) is 3.90. The van der Waals surface area contributed by atoms with Gasteiger partial charge >= 0.3 is 0 Å². The van der Waals surface area contributed by atoms with Crippen molar-refractivity contribution in [2.45, 2.75) is 38.6 Å². The van der Waals surface area contributed by atoms with Crippen molar-refractivity contribution < 1.29 is 9.53 Å². The quantitative estimate of drug-likeness (QED) is 0.782. The largest absolute Gasteiger partial charge is 0.492 e. The first kappa shape index (κ1) is 19.2. The van der Waals surface area contributed by atoms with Crippen LogP contribution in [0.2, 0.25) is 0 Å². The van der Waals surface area contributed by atoms with Crippen molar-refractivity contribution in [3.63, 3.8) is 0 Å². The Hall–Kier alpha value is -1.59. The summed E-state index contributed by atoms with van der Waals surface area (Å²) in [5.41, 5.74) is 0. The Morgan fingerprint density at radius 1 is 0.962 bits per heavy atom. The van der Waals surface area contributed by atoms with Gasteiger partial charge in [0.05, 0.1) is 6.04 Å². The van der Waals surface area contributed by atoms with Gasteiger partial charge in [-0.05, 0) is 31.9 Å². The summed E-state index contributed by atoms with van der Waals surface area (Å²) in [6, 6.07) is 9.99. The lowest BCUT2D eigenvalue weighted by molar-refractivity contribution is -0.137. The summed E-state index contributed by atoms with van der Waals surface area (Å²) in [5, 5.41) is 0. The van der Waals surface area contributed by atoms with Gasteiger partial charge in [0.1, 0.15) is 12.4 Å². The number of amides is 1. The molecule has 1 atom stereocenters. The molecule has 1 amide bonds. The zero-order chi connectivity index (χ0) is 18.2. The maximum absolute atomic E-state index is 12.8. The number of ether oxygens (including phenoxy) is 1. The van der Waals surface area contributed by atoms with Crippen LogP contribution in [0.1, 0.15) is 32.6 Å². The van der Waals surface area contributed by atoms with Crippen LogP contribution in [-0.4, -0.2) is 79.1 Å². The first-order chi connectivity index (χ1) is 12.7. The van der Waals surface area contributed by atoms with E-state index in [2.05, 4.69) is 21.6 Å². The normalized spacial score (nSPS) is 21.2. The molecule has 2 saturated heterocycles. The summed E-state index contributed by atoms with van der Waals surface area (Å²) < 4.78 is 5.80. The molecule has 0 aliphatic carbocycles. The van der Waals surface area contributed by atoms with E-state index in [1.165, 1.54) is 12.8 Å². The number of rotatable bonds is 6. The van der Waals surface area contributed by atoms with Crippen molar-refractivity contribution in [3.8, 4) is 5.75 Å². The van der Waals surface area contributed by atoms with Crippen LogP contribution in [0.5, 0.6) is 5.75 Å². The van der Waals surface area contributed by atoms with Gasteiger partial charge < -0.3 is 9.64 Å². The predicted molar refractivity (Wildman–Crippen MR) is 104 cm³/mol. The SMILES string of the molecule is CC(C(=O)N1CCCCCC1)N1CCN(CCOc2ccccc2)CC1. The minimum Gasteiger partial charge on any atom is -0.492 e. The molecule has 1 unspecified atom stereocenters. The van der Waals surface area contributed by atoms with Crippen LogP contribution >= 0.6 is 0 Å². The monoisotopic (exact) mass is 359 g/mol. The molecule has 5 heteroatoms. The summed E-state index contributed by atoms with van der Waals surface area (Å²) in [7, 11) is 0. The second kappa shape index (κ2) is 9.93. The summed E-state index contributed by atoms with van der Waals surface area (Å²) in [4.78, 5) is 19.7. The van der Waals surface area contributed by atoms with Crippen molar-refractivity contribution in [2.75, 3.05) is 52.4 Å². The smallest absolute Gasteiger partial charge is 0.239 e. The molecule has 26 heavy (non-hydrogen) atoms. The lowest BCUT2D eigenvalue weighted by Gasteiger charge is -2.38. The second-order valence-corrected chi connectivity index (χ2v) is 7.45. The highest BCUT2D eigenvalue weighted by Gasteiger charge is 2.28. The molecule has 2 fully saturated rings. The molecule has 0 spiro atoms. The van der Waals surface area contributed by atoms with Crippen molar-refractivity contribution in [2.24, 2.45) is 0 Å². The zero-order valence-electron chi connectivity index (χ0n) is 16.1. The highest BCUT2D eigenvalue weighted by molar-refractivity contribution is 5.81. The van der Waals surface area contributed by atoms with Crippen LogP contribution in [0, 0.1) is 0 Å². The molecule has 2 aliphatic rings. The van der Waals surface area contributed by atoms with Crippen molar-refractivity contribution in [1.82, 2.24) is 14.7 Å². The molecule has 1 aromatic rings. The molecule has 144 valence electrons. The van der Waals surface area contributed by atoms with E-state index in [1.54, 1.807) is 0 Å². The van der Waals surface area contributed by atoms with Crippen LogP contribution in [0.25, 0.3) is 0 Å². The Kier molecular flexibility index (Phi) is 7.32. The van der Waals surface area contributed by atoms with Gasteiger partial charge in [-0.3, -0.25) is 14.6 Å². The molecule has 0 saturated carbocycles. The first-order valence-corrected chi connectivity index (χ1v) is 10.2. The lowest BCUT2D eigenvalue weighted by Crippen LogP contribution is -2.55. The number of likely N-dealkylation sites (tertiary alicyclic amines) is 1. The average molecular weight is 360 g/mol. The Morgan fingerprint density at radius 3 is 2.27 bits per heavy atom. The van der Waals surface area contributed by atoms with E-state index in [0.29, 0.717) is 12.5 Å². The number of carbonyl (C=O) groups is 1. The molecule has 1 aromatic carbocycles. The van der Waals surface area contributed by atoms with Gasteiger partial charge in [0, 0.05) is 45.8 Å². The van der Waals surface area contributed by atoms with Crippen LogP contribution in [0.3, 0.4) is 0 Å². The maximum Gasteiger partial charge on any atom is 0.239 e. The van der Waals surface area contributed by atoms with Gasteiger partial charge in [-0.2, -0.15) is 0 Å². The molecule has 0 N–H and O–H groups in total. The lowest BCUT2D eigenvalue weighted by atomic mass is 10.2. The van der Waals surface area contributed by atoms with E-state index in [0.717, 1.165) is 64.4 Å². The third-order valence-electron chi connectivity index (χ3n) is 5.65. The Balaban J connectivity index is 1.37. The van der Waals surface area contributed by atoms with E-state index in [1.807, 2.05) is 30.3 Å². The van der Waals surface area contributed by atoms with Gasteiger partial charge in [-0.1, -0.05) is 31.0 Å². The number of hydrogen-bond donors (Lipinski definition) is 0. The number of benzene rings is 1. The van der Waals surface area contributed by atoms with Gasteiger partial charge in [0.25, 0.3) is 0 Å². The van der Waals surface area contributed by atoms with Crippen LogP contribution in [0.15, 0.2) is 30.3 Å². The zero-order valence-corrected chi connectivity index (χ0v) is 16.1. The van der Waals surface area contributed by atoms with E-state index in [-0.39, 0.29) is 6.04 Å². The number of piperazine rings is 1. The molecule has 2 heterocycles. The summed E-state index contributed by atoms with van der Waals surface area (Å²) >= 11 is 0. The van der Waals surface area contributed by atoms with E-state index in [9.17, 15) is 4.79 Å². The summed E-state index contributed by atoms with van der Waals surface area (Å²) in [6.07, 6.45) is 4.85. The molecule has 0 aromatic heterocycles. The van der Waals surface area contributed by atoms with Crippen LogP contribution < -0.4 is 4.74 Å². The van der Waals surface area contributed by atoms with Crippen LogP contribution in [0.4, 0.5) is 0 Å². The molecule has 5 nitrogen and oxygen atoms in total. The molecule has 0 bridgehead atoms. The Bertz CT molecular complexity index is 535. The second-order valence-electron chi connectivity index (χ2n) is 7.45. The van der Waals surface area contributed by atoms with Gasteiger partial charge in [-0.25, -0.2) is 0 Å². The number of hydrogen-bond acceptors (Lipinski definition) is 4. The standard InChI is InChI=1S/C21H33N3O2/c1-19(21(25)24-11-7-2-3-8-12-24)23-15-13-22(14-16-23)17-18-26-20-9-5-4-6-10-20/h4-6,9-10,19H,2-3,7-8,11-18H2,1H3. The van der Waals surface area contributed by atoms with E-state index < -0.39 is 0 Å². The number of para-hydroxylation sites is 1. The number of nitrogens with zero attached hydrogens (tertiary/aromatic N) is 3. The van der Waals surface area contributed by atoms with Crippen molar-refractivity contribution >= 4 is 5.91 Å². The van der Waals surface area contributed by atoms with Crippen LogP contribution in [-0.2, 0) is 4.79 Å². The first-order valence-electron chi connectivity index (χ1n) is 10.2. The van der Waals surface area contributed by atoms with Crippen molar-refractivity contribution in [1.29, 1.82) is 0 Å². The molecule has 2 aliphatic heterocycles. The minimum absolute atomic E-state index is 0.0100. The fourth-order valence-electron chi connectivity index (χ4n) is 3.90. The Labute approximate surface area is 157 Å². The number of carbonyl (C=O) groups excluding carboxylic acids is 1. The summed E-state index contributed by atoms with van der Waals surface area (Å²) in [5.74, 6) is 1.26. The van der Waals surface area contributed by atoms with E-state index >= 15 is 0 Å².